The quantitative estimate of drug-likeness (QED) is 0.733. The van der Waals surface area contributed by atoms with Gasteiger partial charge in [-0.3, -0.25) is 9.78 Å². The van der Waals surface area contributed by atoms with Gasteiger partial charge >= 0.3 is 5.63 Å². The number of rotatable bonds is 2. The fourth-order valence-electron chi connectivity index (χ4n) is 2.04. The molecule has 0 unspecified atom stereocenters. The largest absolute Gasteiger partial charge is 0.422 e. The highest BCUT2D eigenvalue weighted by molar-refractivity contribution is 6.05. The van der Waals surface area contributed by atoms with Crippen molar-refractivity contribution in [2.45, 2.75) is 6.92 Å². The first-order chi connectivity index (χ1) is 10.1. The van der Waals surface area contributed by atoms with E-state index in [9.17, 15) is 9.59 Å². The molecule has 0 saturated heterocycles. The standard InChI is InChI=1S/C16H12N2O3/c1-10-6-12(9-17-8-10)18-15(19)13-7-11-4-2-3-5-14(11)21-16(13)20/h2-9H,1H3,(H,18,19). The Balaban J connectivity index is 1.98. The molecule has 0 spiro atoms. The second-order valence-electron chi connectivity index (χ2n) is 4.69. The summed E-state index contributed by atoms with van der Waals surface area (Å²) in [5, 5.41) is 3.34. The van der Waals surface area contributed by atoms with Crippen molar-refractivity contribution in [1.29, 1.82) is 0 Å². The van der Waals surface area contributed by atoms with Crippen LogP contribution >= 0.6 is 0 Å². The van der Waals surface area contributed by atoms with E-state index in [1.807, 2.05) is 13.0 Å². The van der Waals surface area contributed by atoms with Crippen LogP contribution < -0.4 is 10.9 Å². The normalized spacial score (nSPS) is 10.5. The first-order valence-corrected chi connectivity index (χ1v) is 6.39. The number of hydrogen-bond acceptors (Lipinski definition) is 4. The van der Waals surface area contributed by atoms with Crippen LogP contribution in [0.1, 0.15) is 15.9 Å². The molecule has 5 nitrogen and oxygen atoms in total. The number of amides is 1. The molecule has 0 bridgehead atoms. The van der Waals surface area contributed by atoms with E-state index in [0.717, 1.165) is 5.56 Å². The molecule has 3 aromatic rings. The molecule has 3 rings (SSSR count). The van der Waals surface area contributed by atoms with Gasteiger partial charge in [-0.05, 0) is 30.7 Å². The van der Waals surface area contributed by atoms with Crippen LogP contribution in [-0.2, 0) is 0 Å². The van der Waals surface area contributed by atoms with Gasteiger partial charge in [0.25, 0.3) is 5.91 Å². The number of fused-ring (bicyclic) bond motifs is 1. The predicted octanol–water partition coefficient (Wildman–Crippen LogP) is 2.75. The van der Waals surface area contributed by atoms with Crippen LogP contribution in [0.25, 0.3) is 11.0 Å². The lowest BCUT2D eigenvalue weighted by Crippen LogP contribution is -2.20. The van der Waals surface area contributed by atoms with E-state index in [1.54, 1.807) is 30.5 Å². The molecule has 104 valence electrons. The Hall–Kier alpha value is -2.95. The summed E-state index contributed by atoms with van der Waals surface area (Å²) in [5.74, 6) is -0.512. The topological polar surface area (TPSA) is 72.2 Å². The average Bonchev–Trinajstić information content (AvgIpc) is 2.46. The van der Waals surface area contributed by atoms with Gasteiger partial charge in [0.1, 0.15) is 11.1 Å². The van der Waals surface area contributed by atoms with Crippen LogP contribution in [0.4, 0.5) is 5.69 Å². The number of nitrogens with one attached hydrogen (secondary N) is 1. The molecule has 0 aliphatic rings. The first-order valence-electron chi connectivity index (χ1n) is 6.39. The summed E-state index contributed by atoms with van der Waals surface area (Å²) in [6.45, 7) is 1.87. The van der Waals surface area contributed by atoms with Gasteiger partial charge in [0.05, 0.1) is 11.9 Å². The summed E-state index contributed by atoms with van der Waals surface area (Å²) >= 11 is 0. The number of anilines is 1. The third-order valence-corrected chi connectivity index (χ3v) is 3.02. The molecule has 0 aliphatic heterocycles. The van der Waals surface area contributed by atoms with E-state index in [4.69, 9.17) is 4.42 Å². The van der Waals surface area contributed by atoms with E-state index < -0.39 is 11.5 Å². The average molecular weight is 280 g/mol. The SMILES string of the molecule is Cc1cncc(NC(=O)c2cc3ccccc3oc2=O)c1. The number of aryl methyl sites for hydroxylation is 1. The summed E-state index contributed by atoms with van der Waals surface area (Å²) < 4.78 is 5.14. The summed E-state index contributed by atoms with van der Waals surface area (Å²) in [6, 6.07) is 10.3. The third-order valence-electron chi connectivity index (χ3n) is 3.02. The molecule has 5 heteroatoms. The van der Waals surface area contributed by atoms with Crippen LogP contribution in [-0.4, -0.2) is 10.9 Å². The Bertz CT molecular complexity index is 884. The van der Waals surface area contributed by atoms with Crippen molar-refractivity contribution in [1.82, 2.24) is 4.98 Å². The molecule has 21 heavy (non-hydrogen) atoms. The number of para-hydroxylation sites is 1. The van der Waals surface area contributed by atoms with Crippen molar-refractivity contribution in [3.8, 4) is 0 Å². The van der Waals surface area contributed by atoms with E-state index in [2.05, 4.69) is 10.3 Å². The summed E-state index contributed by atoms with van der Waals surface area (Å²) in [6.07, 6.45) is 3.20. The Kier molecular flexibility index (Phi) is 3.23. The van der Waals surface area contributed by atoms with Gasteiger partial charge in [0, 0.05) is 11.6 Å². The molecule has 1 N–H and O–H groups in total. The fraction of sp³-hybridized carbons (Fsp3) is 0.0625. The van der Waals surface area contributed by atoms with E-state index in [-0.39, 0.29) is 5.56 Å². The van der Waals surface area contributed by atoms with Crippen molar-refractivity contribution >= 4 is 22.6 Å². The molecule has 2 aromatic heterocycles. The first kappa shape index (κ1) is 13.1. The summed E-state index contributed by atoms with van der Waals surface area (Å²) in [4.78, 5) is 28.1. The number of carbonyl (C=O) groups excluding carboxylic acids is 1. The molecule has 0 radical (unpaired) electrons. The van der Waals surface area contributed by atoms with Gasteiger partial charge in [-0.1, -0.05) is 18.2 Å². The lowest BCUT2D eigenvalue weighted by Gasteiger charge is -2.05. The fourth-order valence-corrected chi connectivity index (χ4v) is 2.04. The highest BCUT2D eigenvalue weighted by Gasteiger charge is 2.13. The summed E-state index contributed by atoms with van der Waals surface area (Å²) in [7, 11) is 0. The van der Waals surface area contributed by atoms with E-state index in [1.165, 1.54) is 12.3 Å². The van der Waals surface area contributed by atoms with Gasteiger partial charge in [-0.15, -0.1) is 0 Å². The molecule has 0 fully saturated rings. The lowest BCUT2D eigenvalue weighted by molar-refractivity contribution is 0.102. The number of nitrogens with zero attached hydrogens (tertiary/aromatic N) is 1. The highest BCUT2D eigenvalue weighted by atomic mass is 16.4. The zero-order valence-electron chi connectivity index (χ0n) is 11.3. The third kappa shape index (κ3) is 2.67. The molecular weight excluding hydrogens is 268 g/mol. The Labute approximate surface area is 120 Å². The van der Waals surface area contributed by atoms with E-state index >= 15 is 0 Å². The van der Waals surface area contributed by atoms with Gasteiger partial charge in [-0.2, -0.15) is 0 Å². The monoisotopic (exact) mass is 280 g/mol. The Morgan fingerprint density at radius 3 is 2.81 bits per heavy atom. The Morgan fingerprint density at radius 1 is 1.19 bits per heavy atom. The van der Waals surface area contributed by atoms with Crippen LogP contribution in [0.15, 0.2) is 58.0 Å². The van der Waals surface area contributed by atoms with Crippen LogP contribution in [0.5, 0.6) is 0 Å². The minimum atomic E-state index is -0.660. The zero-order chi connectivity index (χ0) is 14.8. The van der Waals surface area contributed by atoms with Crippen molar-refractivity contribution < 1.29 is 9.21 Å². The predicted molar refractivity (Wildman–Crippen MR) is 79.4 cm³/mol. The van der Waals surface area contributed by atoms with Gasteiger partial charge < -0.3 is 9.73 Å². The van der Waals surface area contributed by atoms with Gasteiger partial charge in [-0.25, -0.2) is 4.79 Å². The van der Waals surface area contributed by atoms with Crippen molar-refractivity contribution in [3.05, 3.63) is 70.3 Å². The molecule has 1 aromatic carbocycles. The second-order valence-corrected chi connectivity index (χ2v) is 4.69. The summed E-state index contributed by atoms with van der Waals surface area (Å²) in [5.41, 5.74) is 1.21. The molecule has 1 amide bonds. The van der Waals surface area contributed by atoms with Gasteiger partial charge in [0.2, 0.25) is 0 Å². The zero-order valence-corrected chi connectivity index (χ0v) is 11.3. The van der Waals surface area contributed by atoms with Crippen LogP contribution in [0.2, 0.25) is 0 Å². The molecule has 0 saturated carbocycles. The number of aromatic nitrogens is 1. The lowest BCUT2D eigenvalue weighted by atomic mass is 10.2. The molecule has 0 atom stereocenters. The maximum absolute atomic E-state index is 12.2. The van der Waals surface area contributed by atoms with Gasteiger partial charge in [0.15, 0.2) is 0 Å². The highest BCUT2D eigenvalue weighted by Crippen LogP contribution is 2.14. The minimum Gasteiger partial charge on any atom is -0.422 e. The second kappa shape index (κ2) is 5.20. The van der Waals surface area contributed by atoms with Crippen LogP contribution in [0.3, 0.4) is 0 Å². The number of pyridine rings is 1. The smallest absolute Gasteiger partial charge is 0.349 e. The molecule has 2 heterocycles. The minimum absolute atomic E-state index is 0.0322. The number of hydrogen-bond donors (Lipinski definition) is 1. The van der Waals surface area contributed by atoms with Crippen LogP contribution in [0, 0.1) is 6.92 Å². The number of carbonyl (C=O) groups is 1. The van der Waals surface area contributed by atoms with Crippen molar-refractivity contribution in [2.75, 3.05) is 5.32 Å². The number of benzene rings is 1. The maximum Gasteiger partial charge on any atom is 0.349 e. The Morgan fingerprint density at radius 2 is 2.00 bits per heavy atom. The maximum atomic E-state index is 12.2. The van der Waals surface area contributed by atoms with E-state index in [0.29, 0.717) is 16.7 Å². The van der Waals surface area contributed by atoms with Crippen molar-refractivity contribution in [2.24, 2.45) is 0 Å². The van der Waals surface area contributed by atoms with Crippen molar-refractivity contribution in [3.63, 3.8) is 0 Å². The molecular formula is C16H12N2O3. The molecule has 0 aliphatic carbocycles.